The van der Waals surface area contributed by atoms with Crippen molar-refractivity contribution >= 4 is 9.84 Å². The summed E-state index contributed by atoms with van der Waals surface area (Å²) in [5.74, 6) is 0.777. The van der Waals surface area contributed by atoms with Crippen LogP contribution in [0.1, 0.15) is 19.4 Å². The predicted molar refractivity (Wildman–Crippen MR) is 103 cm³/mol. The van der Waals surface area contributed by atoms with E-state index >= 15 is 0 Å². The number of H-pyrrole nitrogens is 1. The number of ether oxygens (including phenoxy) is 1. The third-order valence-electron chi connectivity index (χ3n) is 4.79. The second-order valence-corrected chi connectivity index (χ2v) is 9.43. The Hall–Kier alpha value is -2.81. The number of nitrogens with one attached hydrogen (secondary N) is 1. The van der Waals surface area contributed by atoms with Gasteiger partial charge in [-0.05, 0) is 56.7 Å². The lowest BCUT2D eigenvalue weighted by Gasteiger charge is -2.29. The molecule has 0 radical (unpaired) electrons. The maximum Gasteiger partial charge on any atom is 0.408 e. The van der Waals surface area contributed by atoms with Crippen LogP contribution in [-0.4, -0.2) is 29.3 Å². The van der Waals surface area contributed by atoms with E-state index in [4.69, 9.17) is 4.74 Å². The maximum atomic E-state index is 13.5. The molecule has 0 amide bonds. The first-order chi connectivity index (χ1) is 13.5. The smallest absolute Gasteiger partial charge is 0.408 e. The summed E-state index contributed by atoms with van der Waals surface area (Å²) in [7, 11) is -4.73. The average molecular weight is 424 g/mol. The van der Waals surface area contributed by atoms with Gasteiger partial charge in [-0.25, -0.2) is 8.42 Å². The highest BCUT2D eigenvalue weighted by molar-refractivity contribution is 7.93. The molecule has 1 N–H and O–H groups in total. The van der Waals surface area contributed by atoms with Gasteiger partial charge in [0.05, 0.1) is 4.90 Å². The Bertz CT molecular complexity index is 1110. The van der Waals surface area contributed by atoms with E-state index < -0.39 is 25.7 Å². The van der Waals surface area contributed by atoms with E-state index in [1.807, 2.05) is 0 Å². The van der Waals surface area contributed by atoms with Gasteiger partial charge in [0.25, 0.3) is 0 Å². The number of rotatable bonds is 5. The number of aromatic amines is 1. The van der Waals surface area contributed by atoms with Crippen molar-refractivity contribution in [3.63, 3.8) is 0 Å². The minimum atomic E-state index is -4.93. The quantitative estimate of drug-likeness (QED) is 0.604. The first kappa shape index (κ1) is 20.9. The second kappa shape index (κ2) is 7.22. The fraction of sp³-hybridized carbons (Fsp3) is 0.250. The van der Waals surface area contributed by atoms with Crippen molar-refractivity contribution in [2.75, 3.05) is 0 Å². The SMILES string of the molecule is Cc1c(S(=O)(=O)C(C)(C)C(F)(F)F)ccc(Oc2ccncc2)c1-c1cc[nH]c1. The molecule has 0 unspecified atom stereocenters. The van der Waals surface area contributed by atoms with Gasteiger partial charge in [0.2, 0.25) is 0 Å². The number of halogens is 3. The molecule has 2 heterocycles. The Balaban J connectivity index is 2.21. The summed E-state index contributed by atoms with van der Waals surface area (Å²) in [4.78, 5) is 6.38. The lowest BCUT2D eigenvalue weighted by Crippen LogP contribution is -2.46. The molecule has 0 aliphatic heterocycles. The third kappa shape index (κ3) is 3.62. The van der Waals surface area contributed by atoms with Crippen LogP contribution in [0.15, 0.2) is 60.0 Å². The minimum absolute atomic E-state index is 0.175. The number of benzene rings is 1. The number of hydrogen-bond acceptors (Lipinski definition) is 4. The molecule has 0 spiro atoms. The van der Waals surface area contributed by atoms with Gasteiger partial charge in [-0.3, -0.25) is 4.98 Å². The Labute approximate surface area is 166 Å². The largest absolute Gasteiger partial charge is 0.457 e. The Kier molecular flexibility index (Phi) is 5.20. The minimum Gasteiger partial charge on any atom is -0.457 e. The van der Waals surface area contributed by atoms with Gasteiger partial charge in [0.15, 0.2) is 14.6 Å². The molecule has 0 bridgehead atoms. The number of pyridine rings is 1. The van der Waals surface area contributed by atoms with Crippen LogP contribution in [0.2, 0.25) is 0 Å². The van der Waals surface area contributed by atoms with Crippen LogP contribution in [0.5, 0.6) is 11.5 Å². The van der Waals surface area contributed by atoms with E-state index in [2.05, 4.69) is 9.97 Å². The maximum absolute atomic E-state index is 13.5. The number of aromatic nitrogens is 2. The van der Waals surface area contributed by atoms with E-state index in [0.717, 1.165) is 6.07 Å². The average Bonchev–Trinajstić information content (AvgIpc) is 3.15. The predicted octanol–water partition coefficient (Wildman–Crippen LogP) is 5.29. The summed E-state index contributed by atoms with van der Waals surface area (Å²) >= 11 is 0. The molecule has 2 aromatic heterocycles. The van der Waals surface area contributed by atoms with Gasteiger partial charge < -0.3 is 9.72 Å². The second-order valence-electron chi connectivity index (χ2n) is 6.96. The zero-order valence-corrected chi connectivity index (χ0v) is 16.7. The fourth-order valence-electron chi connectivity index (χ4n) is 2.84. The normalized spacial score (nSPS) is 12.8. The van der Waals surface area contributed by atoms with E-state index in [0.29, 0.717) is 36.5 Å². The molecule has 0 aliphatic rings. The highest BCUT2D eigenvalue weighted by Gasteiger charge is 2.57. The monoisotopic (exact) mass is 424 g/mol. The van der Waals surface area contributed by atoms with Gasteiger partial charge >= 0.3 is 6.18 Å². The molecule has 9 heteroatoms. The van der Waals surface area contributed by atoms with Crippen molar-refractivity contribution < 1.29 is 26.3 Å². The molecular formula is C20H19F3N2O3S. The number of alkyl halides is 3. The van der Waals surface area contributed by atoms with Crippen molar-refractivity contribution in [3.8, 4) is 22.6 Å². The summed E-state index contributed by atoms with van der Waals surface area (Å²) in [5.41, 5.74) is 1.16. The lowest BCUT2D eigenvalue weighted by atomic mass is 10.0. The highest BCUT2D eigenvalue weighted by atomic mass is 32.2. The van der Waals surface area contributed by atoms with Gasteiger partial charge in [0, 0.05) is 35.9 Å². The molecule has 29 heavy (non-hydrogen) atoms. The van der Waals surface area contributed by atoms with Gasteiger partial charge in [-0.15, -0.1) is 0 Å². The molecule has 3 aromatic rings. The molecular weight excluding hydrogens is 405 g/mol. The Morgan fingerprint density at radius 2 is 1.69 bits per heavy atom. The van der Waals surface area contributed by atoms with Crippen molar-refractivity contribution in [3.05, 3.63) is 60.7 Å². The summed E-state index contributed by atoms with van der Waals surface area (Å²) in [5, 5.41) is 0. The molecule has 154 valence electrons. The van der Waals surface area contributed by atoms with E-state index in [9.17, 15) is 21.6 Å². The van der Waals surface area contributed by atoms with Crippen molar-refractivity contribution in [1.29, 1.82) is 0 Å². The first-order valence-corrected chi connectivity index (χ1v) is 10.1. The molecule has 0 aliphatic carbocycles. The van der Waals surface area contributed by atoms with Gasteiger partial charge in [-0.2, -0.15) is 13.2 Å². The topological polar surface area (TPSA) is 72.1 Å². The van der Waals surface area contributed by atoms with E-state index in [-0.39, 0.29) is 5.56 Å². The van der Waals surface area contributed by atoms with Crippen LogP contribution in [0, 0.1) is 6.92 Å². The Morgan fingerprint density at radius 1 is 1.03 bits per heavy atom. The summed E-state index contributed by atoms with van der Waals surface area (Å²) in [6, 6.07) is 7.45. The van der Waals surface area contributed by atoms with Crippen molar-refractivity contribution in [2.45, 2.75) is 36.6 Å². The van der Waals surface area contributed by atoms with Crippen LogP contribution in [0.4, 0.5) is 13.2 Å². The molecule has 0 saturated heterocycles. The first-order valence-electron chi connectivity index (χ1n) is 8.63. The lowest BCUT2D eigenvalue weighted by molar-refractivity contribution is -0.153. The van der Waals surface area contributed by atoms with Crippen LogP contribution in [0.25, 0.3) is 11.1 Å². The van der Waals surface area contributed by atoms with Crippen LogP contribution >= 0.6 is 0 Å². The van der Waals surface area contributed by atoms with Gasteiger partial charge in [0.1, 0.15) is 11.5 Å². The third-order valence-corrected chi connectivity index (χ3v) is 7.38. The van der Waals surface area contributed by atoms with E-state index in [1.54, 1.807) is 30.6 Å². The van der Waals surface area contributed by atoms with Crippen LogP contribution < -0.4 is 4.74 Å². The Morgan fingerprint density at radius 3 is 2.24 bits per heavy atom. The van der Waals surface area contributed by atoms with Crippen molar-refractivity contribution in [2.24, 2.45) is 0 Å². The molecule has 0 atom stereocenters. The molecule has 0 fully saturated rings. The number of nitrogens with zero attached hydrogens (tertiary/aromatic N) is 1. The molecule has 3 rings (SSSR count). The molecule has 5 nitrogen and oxygen atoms in total. The van der Waals surface area contributed by atoms with Gasteiger partial charge in [-0.1, -0.05) is 0 Å². The molecule has 1 aromatic carbocycles. The number of hydrogen-bond donors (Lipinski definition) is 1. The van der Waals surface area contributed by atoms with Crippen LogP contribution in [0.3, 0.4) is 0 Å². The fourth-order valence-corrected chi connectivity index (χ4v) is 4.45. The molecule has 0 saturated carbocycles. The van der Waals surface area contributed by atoms with Crippen molar-refractivity contribution in [1.82, 2.24) is 9.97 Å². The number of sulfone groups is 1. The highest BCUT2D eigenvalue weighted by Crippen LogP contribution is 2.44. The standard InChI is InChI=1S/C20H19F3N2O3S/c1-13-17(29(26,27)19(2,3)20(21,22)23)5-4-16(18(13)14-6-9-25-12-14)28-15-7-10-24-11-8-15/h4-12,25H,1-3H3. The summed E-state index contributed by atoms with van der Waals surface area (Å²) in [6.07, 6.45) is 1.38. The zero-order chi connectivity index (χ0) is 21.4. The summed E-state index contributed by atoms with van der Waals surface area (Å²) in [6.45, 7) is 2.80. The van der Waals surface area contributed by atoms with Crippen LogP contribution in [-0.2, 0) is 9.84 Å². The zero-order valence-electron chi connectivity index (χ0n) is 15.9. The summed E-state index contributed by atoms with van der Waals surface area (Å²) < 4.78 is 69.2. The van der Waals surface area contributed by atoms with E-state index in [1.165, 1.54) is 25.4 Å².